The van der Waals surface area contributed by atoms with Gasteiger partial charge in [0.05, 0.1) is 11.6 Å². The third-order valence-electron chi connectivity index (χ3n) is 5.14. The first-order valence-corrected chi connectivity index (χ1v) is 9.52. The van der Waals surface area contributed by atoms with Gasteiger partial charge in [0, 0.05) is 30.1 Å². The van der Waals surface area contributed by atoms with Crippen LogP contribution in [0.1, 0.15) is 22.6 Å². The van der Waals surface area contributed by atoms with Gasteiger partial charge in [0.2, 0.25) is 5.91 Å². The van der Waals surface area contributed by atoms with Crippen LogP contribution in [-0.2, 0) is 11.3 Å². The molecule has 2 heterocycles. The number of fused-ring (bicyclic) bond motifs is 2. The van der Waals surface area contributed by atoms with E-state index in [9.17, 15) is 4.79 Å². The normalized spacial score (nSPS) is 12.6. The van der Waals surface area contributed by atoms with Crippen molar-refractivity contribution < 1.29 is 9.53 Å². The zero-order chi connectivity index (χ0) is 19.6. The Kier molecular flexibility index (Phi) is 4.33. The van der Waals surface area contributed by atoms with Crippen LogP contribution in [0.15, 0.2) is 91.3 Å². The molecule has 0 unspecified atom stereocenters. The fourth-order valence-electron chi connectivity index (χ4n) is 3.77. The second-order valence-electron chi connectivity index (χ2n) is 6.91. The lowest BCUT2D eigenvalue weighted by Crippen LogP contribution is -2.31. The Morgan fingerprint density at radius 1 is 0.897 bits per heavy atom. The van der Waals surface area contributed by atoms with Gasteiger partial charge in [-0.1, -0.05) is 54.6 Å². The summed E-state index contributed by atoms with van der Waals surface area (Å²) < 4.78 is 7.80. The van der Waals surface area contributed by atoms with Crippen LogP contribution < -0.4 is 10.1 Å². The minimum atomic E-state index is -0.409. The van der Waals surface area contributed by atoms with Gasteiger partial charge in [-0.2, -0.15) is 5.10 Å². The molecule has 1 aliphatic rings. The van der Waals surface area contributed by atoms with E-state index in [1.54, 1.807) is 10.9 Å². The van der Waals surface area contributed by atoms with Crippen LogP contribution in [-0.4, -0.2) is 15.7 Å². The predicted octanol–water partition coefficient (Wildman–Crippen LogP) is 4.43. The van der Waals surface area contributed by atoms with Gasteiger partial charge in [0.25, 0.3) is 0 Å². The van der Waals surface area contributed by atoms with Gasteiger partial charge in [0.15, 0.2) is 0 Å². The molecular weight excluding hydrogens is 362 g/mol. The zero-order valence-electron chi connectivity index (χ0n) is 15.7. The van der Waals surface area contributed by atoms with Crippen LogP contribution >= 0.6 is 0 Å². The number of carbonyl (C=O) groups excluding carboxylic acids is 1. The minimum Gasteiger partial charge on any atom is -0.457 e. The molecule has 0 aliphatic carbocycles. The molecule has 5 rings (SSSR count). The molecular formula is C24H19N3O2. The number of rotatable bonds is 4. The molecule has 4 aromatic rings. The number of carbonyl (C=O) groups is 1. The summed E-state index contributed by atoms with van der Waals surface area (Å²) in [5.41, 5.74) is 3.71. The lowest BCUT2D eigenvalue weighted by atomic mass is 9.87. The maximum Gasteiger partial charge on any atom is 0.232 e. The van der Waals surface area contributed by atoms with Crippen molar-refractivity contribution in [2.45, 2.75) is 12.5 Å². The van der Waals surface area contributed by atoms with E-state index in [2.05, 4.69) is 10.4 Å². The highest BCUT2D eigenvalue weighted by molar-refractivity contribution is 5.89. The molecule has 0 radical (unpaired) electrons. The Hall–Kier alpha value is -3.86. The van der Waals surface area contributed by atoms with Crippen molar-refractivity contribution in [3.8, 4) is 17.2 Å². The molecule has 0 saturated heterocycles. The average Bonchev–Trinajstić information content (AvgIpc) is 3.31. The Bertz CT molecular complexity index is 1120. The maximum atomic E-state index is 13.3. The van der Waals surface area contributed by atoms with Crippen molar-refractivity contribution in [3.63, 3.8) is 0 Å². The number of benzene rings is 3. The molecule has 0 bridgehead atoms. The van der Waals surface area contributed by atoms with E-state index in [4.69, 9.17) is 4.74 Å². The van der Waals surface area contributed by atoms with Crippen molar-refractivity contribution in [2.75, 3.05) is 0 Å². The number of para-hydroxylation sites is 3. The summed E-state index contributed by atoms with van der Waals surface area (Å²) in [6.45, 7) is 0.413. The van der Waals surface area contributed by atoms with Crippen LogP contribution in [0.5, 0.6) is 11.5 Å². The Morgan fingerprint density at radius 3 is 2.24 bits per heavy atom. The molecule has 0 spiro atoms. The molecule has 29 heavy (non-hydrogen) atoms. The van der Waals surface area contributed by atoms with Gasteiger partial charge in [-0.05, 0) is 29.8 Å². The molecule has 1 aliphatic heterocycles. The molecule has 0 saturated carbocycles. The third-order valence-corrected chi connectivity index (χ3v) is 5.14. The van der Waals surface area contributed by atoms with E-state index < -0.39 is 5.92 Å². The SMILES string of the molecule is O=C(NCc1ccccc1-n1cccn1)C1c2ccccc2Oc2ccccc21. The van der Waals surface area contributed by atoms with Crippen LogP contribution in [0.25, 0.3) is 5.69 Å². The fraction of sp³-hybridized carbons (Fsp3) is 0.0833. The average molecular weight is 381 g/mol. The highest BCUT2D eigenvalue weighted by atomic mass is 16.5. The largest absolute Gasteiger partial charge is 0.457 e. The molecule has 1 N–H and O–H groups in total. The topological polar surface area (TPSA) is 56.2 Å². The number of nitrogens with one attached hydrogen (secondary N) is 1. The molecule has 142 valence electrons. The van der Waals surface area contributed by atoms with Gasteiger partial charge in [0.1, 0.15) is 11.5 Å². The lowest BCUT2D eigenvalue weighted by Gasteiger charge is -2.27. The van der Waals surface area contributed by atoms with E-state index in [0.29, 0.717) is 6.54 Å². The smallest absolute Gasteiger partial charge is 0.232 e. The number of nitrogens with zero attached hydrogens (tertiary/aromatic N) is 2. The van der Waals surface area contributed by atoms with Crippen LogP contribution in [0, 0.1) is 0 Å². The van der Waals surface area contributed by atoms with Gasteiger partial charge in [-0.3, -0.25) is 4.79 Å². The van der Waals surface area contributed by atoms with E-state index in [0.717, 1.165) is 33.9 Å². The minimum absolute atomic E-state index is 0.0523. The number of aromatic nitrogens is 2. The first kappa shape index (κ1) is 17.3. The van der Waals surface area contributed by atoms with E-state index in [1.807, 2.05) is 85.1 Å². The Labute approximate surface area is 168 Å². The number of amides is 1. The van der Waals surface area contributed by atoms with Gasteiger partial charge in [-0.15, -0.1) is 0 Å². The number of ether oxygens (including phenoxy) is 1. The fourth-order valence-corrected chi connectivity index (χ4v) is 3.77. The number of hydrogen-bond donors (Lipinski definition) is 1. The highest BCUT2D eigenvalue weighted by Crippen LogP contribution is 2.43. The molecule has 1 amide bonds. The zero-order valence-corrected chi connectivity index (χ0v) is 15.7. The summed E-state index contributed by atoms with van der Waals surface area (Å²) in [6.07, 6.45) is 3.64. The molecule has 0 atom stereocenters. The summed E-state index contributed by atoms with van der Waals surface area (Å²) in [6, 6.07) is 25.2. The van der Waals surface area contributed by atoms with Crippen LogP contribution in [0.4, 0.5) is 0 Å². The van der Waals surface area contributed by atoms with E-state index >= 15 is 0 Å². The maximum absolute atomic E-state index is 13.3. The molecule has 5 heteroatoms. The Morgan fingerprint density at radius 2 is 1.55 bits per heavy atom. The van der Waals surface area contributed by atoms with Gasteiger partial charge < -0.3 is 10.1 Å². The monoisotopic (exact) mass is 381 g/mol. The van der Waals surface area contributed by atoms with Crippen LogP contribution in [0.3, 0.4) is 0 Å². The highest BCUT2D eigenvalue weighted by Gasteiger charge is 2.32. The summed E-state index contributed by atoms with van der Waals surface area (Å²) in [7, 11) is 0. The summed E-state index contributed by atoms with van der Waals surface area (Å²) >= 11 is 0. The summed E-state index contributed by atoms with van der Waals surface area (Å²) in [5.74, 6) is 0.989. The first-order valence-electron chi connectivity index (χ1n) is 9.52. The molecule has 5 nitrogen and oxygen atoms in total. The van der Waals surface area contributed by atoms with Crippen molar-refractivity contribution >= 4 is 5.91 Å². The first-order chi connectivity index (χ1) is 14.3. The quantitative estimate of drug-likeness (QED) is 0.569. The van der Waals surface area contributed by atoms with Gasteiger partial charge >= 0.3 is 0 Å². The molecule has 3 aromatic carbocycles. The van der Waals surface area contributed by atoms with E-state index in [1.165, 1.54) is 0 Å². The second kappa shape index (κ2) is 7.28. The molecule has 0 fully saturated rings. The molecule has 1 aromatic heterocycles. The summed E-state index contributed by atoms with van der Waals surface area (Å²) in [4.78, 5) is 13.3. The lowest BCUT2D eigenvalue weighted by molar-refractivity contribution is -0.122. The van der Waals surface area contributed by atoms with E-state index in [-0.39, 0.29) is 5.91 Å². The standard InChI is InChI=1S/C24H19N3O2/c28-24(25-16-17-8-1-4-11-20(17)27-15-7-14-26-27)23-18-9-2-5-12-21(18)29-22-13-6-3-10-19(22)23/h1-15,23H,16H2,(H,25,28). The second-order valence-corrected chi connectivity index (χ2v) is 6.91. The van der Waals surface area contributed by atoms with Crippen LogP contribution in [0.2, 0.25) is 0 Å². The van der Waals surface area contributed by atoms with Crippen molar-refractivity contribution in [3.05, 3.63) is 108 Å². The third kappa shape index (κ3) is 3.17. The predicted molar refractivity (Wildman–Crippen MR) is 110 cm³/mol. The Balaban J connectivity index is 1.44. The van der Waals surface area contributed by atoms with Gasteiger partial charge in [-0.25, -0.2) is 4.68 Å². The summed E-state index contributed by atoms with van der Waals surface area (Å²) in [5, 5.41) is 7.43. The van der Waals surface area contributed by atoms with Crippen molar-refractivity contribution in [1.82, 2.24) is 15.1 Å². The van der Waals surface area contributed by atoms with Crippen molar-refractivity contribution in [2.24, 2.45) is 0 Å². The van der Waals surface area contributed by atoms with Crippen molar-refractivity contribution in [1.29, 1.82) is 0 Å². The number of hydrogen-bond acceptors (Lipinski definition) is 3.